The molecule has 0 aromatic heterocycles. The molecule has 0 saturated carbocycles. The summed E-state index contributed by atoms with van der Waals surface area (Å²) < 4.78 is 0. The van der Waals surface area contributed by atoms with Gasteiger partial charge in [0.15, 0.2) is 0 Å². The van der Waals surface area contributed by atoms with E-state index in [1.807, 2.05) is 0 Å². The van der Waals surface area contributed by atoms with Gasteiger partial charge in [0.2, 0.25) is 0 Å². The van der Waals surface area contributed by atoms with Crippen molar-refractivity contribution < 1.29 is 0 Å². The summed E-state index contributed by atoms with van der Waals surface area (Å²) in [6, 6.07) is 0. The van der Waals surface area contributed by atoms with Crippen molar-refractivity contribution in [2.75, 3.05) is 0 Å². The zero-order chi connectivity index (χ0) is 12.4. The third-order valence-electron chi connectivity index (χ3n) is 3.93. The van der Waals surface area contributed by atoms with Gasteiger partial charge in [0.05, 0.1) is 0 Å². The first-order valence-corrected chi connectivity index (χ1v) is 7.57. The molecule has 0 saturated heterocycles. The molecule has 0 amide bonds. The summed E-state index contributed by atoms with van der Waals surface area (Å²) in [6.45, 7) is 11.8. The molecular formula is C16H34. The fourth-order valence-electron chi connectivity index (χ4n) is 2.29. The molecule has 2 unspecified atom stereocenters. The van der Waals surface area contributed by atoms with Gasteiger partial charge in [-0.25, -0.2) is 0 Å². The summed E-state index contributed by atoms with van der Waals surface area (Å²) in [5.74, 6) is 2.76. The highest BCUT2D eigenvalue weighted by atomic mass is 14.2. The number of hydrogen-bond acceptors (Lipinski definition) is 0. The van der Waals surface area contributed by atoms with Crippen LogP contribution in [0.25, 0.3) is 0 Å². The Morgan fingerprint density at radius 3 is 1.62 bits per heavy atom. The molecule has 0 nitrogen and oxygen atoms in total. The summed E-state index contributed by atoms with van der Waals surface area (Å²) in [6.07, 6.45) is 11.4. The van der Waals surface area contributed by atoms with Crippen LogP contribution >= 0.6 is 0 Å². The largest absolute Gasteiger partial charge is 0.0654 e. The van der Waals surface area contributed by atoms with E-state index in [0.29, 0.717) is 0 Å². The lowest BCUT2D eigenvalue weighted by Gasteiger charge is -2.19. The number of unbranched alkanes of at least 4 members (excludes halogenated alkanes) is 3. The maximum absolute atomic E-state index is 2.45. The van der Waals surface area contributed by atoms with Crippen LogP contribution in [0.1, 0.15) is 86.0 Å². The van der Waals surface area contributed by atoms with E-state index in [9.17, 15) is 0 Å². The number of hydrogen-bond donors (Lipinski definition) is 0. The molecule has 0 aromatic carbocycles. The molecule has 98 valence electrons. The molecule has 0 rings (SSSR count). The van der Waals surface area contributed by atoms with Crippen LogP contribution < -0.4 is 0 Å². The fourth-order valence-corrected chi connectivity index (χ4v) is 2.29. The minimum Gasteiger partial charge on any atom is -0.0654 e. The van der Waals surface area contributed by atoms with Gasteiger partial charge in [-0.05, 0) is 17.8 Å². The van der Waals surface area contributed by atoms with E-state index >= 15 is 0 Å². The standard InChI is InChI=1S/C16H34/c1-6-7-12-15(4)16(5)13-10-8-9-11-14(2)3/h14-16H,6-13H2,1-5H3. The SMILES string of the molecule is CCCCC(C)C(C)CCCCCC(C)C. The smallest absolute Gasteiger partial charge is 0.0417 e. The second kappa shape index (κ2) is 10.2. The summed E-state index contributed by atoms with van der Waals surface area (Å²) in [5, 5.41) is 0. The second-order valence-corrected chi connectivity index (χ2v) is 6.13. The van der Waals surface area contributed by atoms with Crippen molar-refractivity contribution in [2.24, 2.45) is 17.8 Å². The lowest BCUT2D eigenvalue weighted by Crippen LogP contribution is -2.07. The molecule has 0 heterocycles. The fraction of sp³-hybridized carbons (Fsp3) is 1.00. The first-order valence-electron chi connectivity index (χ1n) is 7.57. The Hall–Kier alpha value is 0. The molecular weight excluding hydrogens is 192 g/mol. The van der Waals surface area contributed by atoms with Crippen LogP contribution in [-0.4, -0.2) is 0 Å². The van der Waals surface area contributed by atoms with Gasteiger partial charge in [-0.15, -0.1) is 0 Å². The summed E-state index contributed by atoms with van der Waals surface area (Å²) in [4.78, 5) is 0. The molecule has 0 heteroatoms. The zero-order valence-corrected chi connectivity index (χ0v) is 12.4. The Balaban J connectivity index is 3.38. The second-order valence-electron chi connectivity index (χ2n) is 6.13. The molecule has 0 aliphatic heterocycles. The molecule has 2 atom stereocenters. The van der Waals surface area contributed by atoms with Crippen molar-refractivity contribution in [1.29, 1.82) is 0 Å². The topological polar surface area (TPSA) is 0 Å². The predicted octanol–water partition coefficient (Wildman–Crippen LogP) is 6.06. The monoisotopic (exact) mass is 226 g/mol. The van der Waals surface area contributed by atoms with E-state index in [1.54, 1.807) is 0 Å². The normalized spacial score (nSPS) is 15.4. The third kappa shape index (κ3) is 9.24. The van der Waals surface area contributed by atoms with Crippen LogP contribution in [0.4, 0.5) is 0 Å². The Labute approximate surface area is 104 Å². The Bertz CT molecular complexity index is 137. The highest BCUT2D eigenvalue weighted by Crippen LogP contribution is 2.23. The lowest BCUT2D eigenvalue weighted by atomic mass is 9.87. The Morgan fingerprint density at radius 1 is 0.625 bits per heavy atom. The van der Waals surface area contributed by atoms with Crippen molar-refractivity contribution in [2.45, 2.75) is 86.0 Å². The Kier molecular flexibility index (Phi) is 10.2. The van der Waals surface area contributed by atoms with Crippen LogP contribution in [0.5, 0.6) is 0 Å². The molecule has 0 aliphatic rings. The lowest BCUT2D eigenvalue weighted by molar-refractivity contribution is 0.324. The predicted molar refractivity (Wildman–Crippen MR) is 75.8 cm³/mol. The maximum Gasteiger partial charge on any atom is -0.0417 e. The van der Waals surface area contributed by atoms with Crippen molar-refractivity contribution in [3.05, 3.63) is 0 Å². The molecule has 16 heavy (non-hydrogen) atoms. The molecule has 0 bridgehead atoms. The van der Waals surface area contributed by atoms with Gasteiger partial charge >= 0.3 is 0 Å². The first-order chi connectivity index (χ1) is 7.57. The van der Waals surface area contributed by atoms with Crippen molar-refractivity contribution in [3.8, 4) is 0 Å². The minimum absolute atomic E-state index is 0.890. The first kappa shape index (κ1) is 16.0. The average molecular weight is 226 g/mol. The van der Waals surface area contributed by atoms with E-state index in [1.165, 1.54) is 51.4 Å². The quantitative estimate of drug-likeness (QED) is 0.397. The highest BCUT2D eigenvalue weighted by Gasteiger charge is 2.10. The van der Waals surface area contributed by atoms with Gasteiger partial charge < -0.3 is 0 Å². The van der Waals surface area contributed by atoms with Crippen LogP contribution in [0, 0.1) is 17.8 Å². The van der Waals surface area contributed by atoms with Crippen molar-refractivity contribution >= 4 is 0 Å². The molecule has 0 spiro atoms. The summed E-state index contributed by atoms with van der Waals surface area (Å²) in [7, 11) is 0. The van der Waals surface area contributed by atoms with Gasteiger partial charge in [0, 0.05) is 0 Å². The van der Waals surface area contributed by atoms with Crippen molar-refractivity contribution in [1.82, 2.24) is 0 Å². The minimum atomic E-state index is 0.890. The number of rotatable bonds is 10. The van der Waals surface area contributed by atoms with Crippen LogP contribution in [-0.2, 0) is 0 Å². The van der Waals surface area contributed by atoms with E-state index in [4.69, 9.17) is 0 Å². The molecule has 0 N–H and O–H groups in total. The third-order valence-corrected chi connectivity index (χ3v) is 3.93. The van der Waals surface area contributed by atoms with Crippen LogP contribution in [0.2, 0.25) is 0 Å². The van der Waals surface area contributed by atoms with Gasteiger partial charge in [-0.2, -0.15) is 0 Å². The highest BCUT2D eigenvalue weighted by molar-refractivity contribution is 4.62. The molecule has 0 fully saturated rings. The average Bonchev–Trinajstić information content (AvgIpc) is 2.24. The van der Waals surface area contributed by atoms with E-state index in [2.05, 4.69) is 34.6 Å². The van der Waals surface area contributed by atoms with E-state index in [0.717, 1.165) is 17.8 Å². The van der Waals surface area contributed by atoms with Gasteiger partial charge in [0.1, 0.15) is 0 Å². The van der Waals surface area contributed by atoms with E-state index < -0.39 is 0 Å². The summed E-state index contributed by atoms with van der Waals surface area (Å²) in [5.41, 5.74) is 0. The zero-order valence-electron chi connectivity index (χ0n) is 12.4. The summed E-state index contributed by atoms with van der Waals surface area (Å²) >= 11 is 0. The van der Waals surface area contributed by atoms with Gasteiger partial charge in [-0.3, -0.25) is 0 Å². The van der Waals surface area contributed by atoms with Crippen LogP contribution in [0.15, 0.2) is 0 Å². The Morgan fingerprint density at radius 2 is 1.12 bits per heavy atom. The van der Waals surface area contributed by atoms with E-state index in [-0.39, 0.29) is 0 Å². The van der Waals surface area contributed by atoms with Gasteiger partial charge in [0.25, 0.3) is 0 Å². The molecule has 0 aliphatic carbocycles. The molecule has 0 radical (unpaired) electrons. The van der Waals surface area contributed by atoms with Gasteiger partial charge in [-0.1, -0.05) is 86.0 Å². The van der Waals surface area contributed by atoms with Crippen molar-refractivity contribution in [3.63, 3.8) is 0 Å². The molecule has 0 aromatic rings. The van der Waals surface area contributed by atoms with Crippen LogP contribution in [0.3, 0.4) is 0 Å². The maximum atomic E-state index is 2.45.